The maximum Gasteiger partial charge on any atom is 0.323 e. The monoisotopic (exact) mass is 348 g/mol. The maximum atomic E-state index is 13.8. The van der Waals surface area contributed by atoms with Crippen LogP contribution in [0, 0.1) is 5.82 Å². The van der Waals surface area contributed by atoms with Crippen LogP contribution < -0.4 is 20.5 Å². The van der Waals surface area contributed by atoms with E-state index in [2.05, 4.69) is 32.2 Å². The third-order valence-corrected chi connectivity index (χ3v) is 3.98. The molecule has 2 aromatic rings. The van der Waals surface area contributed by atoms with Gasteiger partial charge in [0.25, 0.3) is 0 Å². The number of nitrogens with one attached hydrogen (secondary N) is 1. The van der Waals surface area contributed by atoms with E-state index in [1.165, 1.54) is 19.2 Å². The van der Waals surface area contributed by atoms with Gasteiger partial charge >= 0.3 is 6.01 Å². The number of nitrogens with two attached hydrogens (primary N) is 1. The Labute approximate surface area is 145 Å². The number of likely N-dealkylation sites (tertiary alicyclic amines) is 1. The summed E-state index contributed by atoms with van der Waals surface area (Å²) in [6, 6.07) is 4.62. The number of nitrogen functional groups attached to an aromatic ring is 1. The molecule has 1 aromatic carbocycles. The molecule has 0 spiro atoms. The van der Waals surface area contributed by atoms with Gasteiger partial charge < -0.3 is 25.4 Å². The highest BCUT2D eigenvalue weighted by atomic mass is 19.1. The van der Waals surface area contributed by atoms with Gasteiger partial charge in [-0.25, -0.2) is 4.39 Å². The van der Waals surface area contributed by atoms with Gasteiger partial charge in [0.1, 0.15) is 6.10 Å². The number of hydrogen-bond donors (Lipinski definition) is 2. The summed E-state index contributed by atoms with van der Waals surface area (Å²) < 4.78 is 24.5. The third-order valence-electron chi connectivity index (χ3n) is 3.98. The van der Waals surface area contributed by atoms with Gasteiger partial charge in [-0.2, -0.15) is 15.0 Å². The molecule has 0 aliphatic carbocycles. The minimum absolute atomic E-state index is 0.0365. The Bertz CT molecular complexity index is 737. The molecule has 0 radical (unpaired) electrons. The minimum Gasteiger partial charge on any atom is -0.494 e. The molecule has 0 amide bonds. The van der Waals surface area contributed by atoms with Gasteiger partial charge in [-0.1, -0.05) is 0 Å². The van der Waals surface area contributed by atoms with E-state index in [9.17, 15) is 4.39 Å². The number of nitrogens with zero attached hydrogens (tertiary/aromatic N) is 4. The Kier molecular flexibility index (Phi) is 5.13. The number of piperidine rings is 1. The van der Waals surface area contributed by atoms with Crippen molar-refractivity contribution in [3.63, 3.8) is 0 Å². The number of rotatable bonds is 5. The zero-order valence-electron chi connectivity index (χ0n) is 14.2. The van der Waals surface area contributed by atoms with Gasteiger partial charge in [0, 0.05) is 24.8 Å². The van der Waals surface area contributed by atoms with E-state index >= 15 is 0 Å². The van der Waals surface area contributed by atoms with E-state index in [0.717, 1.165) is 25.9 Å². The number of hydrogen-bond acceptors (Lipinski definition) is 8. The summed E-state index contributed by atoms with van der Waals surface area (Å²) in [5.41, 5.74) is 6.20. The lowest BCUT2D eigenvalue weighted by Crippen LogP contribution is -2.36. The van der Waals surface area contributed by atoms with E-state index in [-0.39, 0.29) is 29.8 Å². The Morgan fingerprint density at radius 2 is 2.00 bits per heavy atom. The van der Waals surface area contributed by atoms with E-state index in [4.69, 9.17) is 15.2 Å². The molecule has 134 valence electrons. The number of aromatic nitrogens is 3. The van der Waals surface area contributed by atoms with Crippen molar-refractivity contribution in [2.45, 2.75) is 18.9 Å². The highest BCUT2D eigenvalue weighted by Crippen LogP contribution is 2.23. The van der Waals surface area contributed by atoms with Crippen LogP contribution in [0.15, 0.2) is 18.2 Å². The summed E-state index contributed by atoms with van der Waals surface area (Å²) in [6.45, 7) is 1.92. The average Bonchev–Trinajstić information content (AvgIpc) is 2.57. The van der Waals surface area contributed by atoms with Crippen LogP contribution in [0.4, 0.5) is 22.0 Å². The third kappa shape index (κ3) is 4.44. The fraction of sp³-hybridized carbons (Fsp3) is 0.438. The van der Waals surface area contributed by atoms with Gasteiger partial charge in [-0.3, -0.25) is 0 Å². The number of anilines is 3. The van der Waals surface area contributed by atoms with Crippen molar-refractivity contribution >= 4 is 17.6 Å². The highest BCUT2D eigenvalue weighted by Gasteiger charge is 2.20. The molecule has 2 heterocycles. The first-order valence-corrected chi connectivity index (χ1v) is 8.01. The first-order valence-electron chi connectivity index (χ1n) is 8.01. The summed E-state index contributed by atoms with van der Waals surface area (Å²) >= 11 is 0. The van der Waals surface area contributed by atoms with Crippen molar-refractivity contribution in [3.8, 4) is 11.8 Å². The van der Waals surface area contributed by atoms with Crippen molar-refractivity contribution in [2.75, 3.05) is 38.3 Å². The fourth-order valence-electron chi connectivity index (χ4n) is 2.61. The van der Waals surface area contributed by atoms with Crippen molar-refractivity contribution in [3.05, 3.63) is 24.0 Å². The lowest BCUT2D eigenvalue weighted by Gasteiger charge is -2.28. The molecule has 0 unspecified atom stereocenters. The lowest BCUT2D eigenvalue weighted by molar-refractivity contribution is 0.105. The minimum atomic E-state index is -0.489. The van der Waals surface area contributed by atoms with Crippen LogP contribution >= 0.6 is 0 Å². The van der Waals surface area contributed by atoms with Gasteiger partial charge in [-0.15, -0.1) is 0 Å². The largest absolute Gasteiger partial charge is 0.494 e. The number of benzene rings is 1. The summed E-state index contributed by atoms with van der Waals surface area (Å²) in [6.07, 6.45) is 1.84. The predicted octanol–water partition coefficient (Wildman–Crippen LogP) is 1.82. The quantitative estimate of drug-likeness (QED) is 0.844. The smallest absolute Gasteiger partial charge is 0.323 e. The number of ether oxygens (including phenoxy) is 2. The second kappa shape index (κ2) is 7.47. The molecule has 8 nitrogen and oxygen atoms in total. The van der Waals surface area contributed by atoms with Crippen LogP contribution in [-0.4, -0.2) is 53.2 Å². The molecule has 0 atom stereocenters. The first kappa shape index (κ1) is 17.2. The second-order valence-corrected chi connectivity index (χ2v) is 5.89. The van der Waals surface area contributed by atoms with Crippen LogP contribution in [-0.2, 0) is 0 Å². The van der Waals surface area contributed by atoms with Crippen LogP contribution in [0.5, 0.6) is 11.8 Å². The van der Waals surface area contributed by atoms with Gasteiger partial charge in [-0.05, 0) is 32.0 Å². The lowest BCUT2D eigenvalue weighted by atomic mass is 10.1. The molecule has 3 N–H and O–H groups in total. The Hall–Kier alpha value is -2.68. The van der Waals surface area contributed by atoms with E-state index in [1.807, 2.05) is 0 Å². The van der Waals surface area contributed by atoms with Gasteiger partial charge in [0.15, 0.2) is 11.6 Å². The molecule has 25 heavy (non-hydrogen) atoms. The zero-order chi connectivity index (χ0) is 17.8. The summed E-state index contributed by atoms with van der Waals surface area (Å²) in [5.74, 6) is -0.0984. The molecular formula is C16H21FN6O2. The SMILES string of the molecule is COc1ccc(Nc2nc(N)nc(OC3CCN(C)CC3)n2)cc1F. The molecule has 0 saturated carbocycles. The zero-order valence-corrected chi connectivity index (χ0v) is 14.2. The summed E-state index contributed by atoms with van der Waals surface area (Å²) in [5, 5.41) is 2.90. The Morgan fingerprint density at radius 1 is 1.24 bits per heavy atom. The average molecular weight is 348 g/mol. The molecule has 1 aliphatic heterocycles. The molecule has 3 rings (SSSR count). The normalized spacial score (nSPS) is 15.8. The highest BCUT2D eigenvalue weighted by molar-refractivity contribution is 5.55. The molecule has 1 aliphatic rings. The van der Waals surface area contributed by atoms with Gasteiger partial charge in [0.2, 0.25) is 11.9 Å². The Morgan fingerprint density at radius 3 is 2.68 bits per heavy atom. The molecule has 1 saturated heterocycles. The summed E-state index contributed by atoms with van der Waals surface area (Å²) in [4.78, 5) is 14.5. The predicted molar refractivity (Wildman–Crippen MR) is 91.6 cm³/mol. The molecule has 1 fully saturated rings. The van der Waals surface area contributed by atoms with Crippen LogP contribution in [0.2, 0.25) is 0 Å². The standard InChI is InChI=1S/C16H21FN6O2/c1-23-7-5-11(6-8-23)25-16-21-14(18)20-15(22-16)19-10-3-4-13(24-2)12(17)9-10/h3-4,9,11H,5-8H2,1-2H3,(H3,18,19,20,21,22). The van der Waals surface area contributed by atoms with Crippen molar-refractivity contribution in [2.24, 2.45) is 0 Å². The molecule has 1 aromatic heterocycles. The first-order chi connectivity index (χ1) is 12.0. The fourth-order valence-corrected chi connectivity index (χ4v) is 2.61. The van der Waals surface area contributed by atoms with Crippen LogP contribution in [0.3, 0.4) is 0 Å². The van der Waals surface area contributed by atoms with Crippen molar-refractivity contribution in [1.29, 1.82) is 0 Å². The Balaban J connectivity index is 1.72. The van der Waals surface area contributed by atoms with Crippen LogP contribution in [0.1, 0.15) is 12.8 Å². The topological polar surface area (TPSA) is 98.4 Å². The van der Waals surface area contributed by atoms with Crippen LogP contribution in [0.25, 0.3) is 0 Å². The molecular weight excluding hydrogens is 327 g/mol. The van der Waals surface area contributed by atoms with Gasteiger partial charge in [0.05, 0.1) is 7.11 Å². The van der Waals surface area contributed by atoms with Crippen molar-refractivity contribution in [1.82, 2.24) is 19.9 Å². The van der Waals surface area contributed by atoms with E-state index < -0.39 is 5.82 Å². The maximum absolute atomic E-state index is 13.8. The van der Waals surface area contributed by atoms with E-state index in [1.54, 1.807) is 6.07 Å². The second-order valence-electron chi connectivity index (χ2n) is 5.89. The molecule has 9 heteroatoms. The summed E-state index contributed by atoms with van der Waals surface area (Å²) in [7, 11) is 3.48. The van der Waals surface area contributed by atoms with E-state index in [0.29, 0.717) is 5.69 Å². The molecule has 0 bridgehead atoms. The number of methoxy groups -OCH3 is 1. The van der Waals surface area contributed by atoms with Crippen molar-refractivity contribution < 1.29 is 13.9 Å². The number of halogens is 1.